The Morgan fingerprint density at radius 3 is 2.31 bits per heavy atom. The van der Waals surface area contributed by atoms with Gasteiger partial charge in [-0.2, -0.15) is 12.6 Å². The first-order valence-corrected chi connectivity index (χ1v) is 8.89. The third-order valence-corrected chi connectivity index (χ3v) is 5.52. The second-order valence-electron chi connectivity index (χ2n) is 3.61. The average Bonchev–Trinajstić information content (AvgIpc) is 2.25. The maximum atomic E-state index is 10.9. The molecule has 0 aliphatic rings. The SMILES string of the molecule is CCO[Si](C)(CCCNC(=O)CS)OCC. The first-order valence-electron chi connectivity index (χ1n) is 5.73. The number of amides is 1. The van der Waals surface area contributed by atoms with E-state index >= 15 is 0 Å². The van der Waals surface area contributed by atoms with E-state index in [1.54, 1.807) is 0 Å². The van der Waals surface area contributed by atoms with Crippen LogP contribution in [-0.2, 0) is 13.6 Å². The van der Waals surface area contributed by atoms with Gasteiger partial charge in [-0.25, -0.2) is 0 Å². The van der Waals surface area contributed by atoms with Crippen LogP contribution in [0, 0.1) is 0 Å². The molecule has 0 atom stereocenters. The van der Waals surface area contributed by atoms with E-state index in [9.17, 15) is 4.79 Å². The Kier molecular flexibility index (Phi) is 9.01. The zero-order valence-corrected chi connectivity index (χ0v) is 12.3. The van der Waals surface area contributed by atoms with Crippen LogP contribution in [-0.4, -0.2) is 40.0 Å². The van der Waals surface area contributed by atoms with E-state index < -0.39 is 8.56 Å². The van der Waals surface area contributed by atoms with Gasteiger partial charge in [0.15, 0.2) is 0 Å². The molecule has 0 fully saturated rings. The zero-order chi connectivity index (χ0) is 12.4. The molecule has 16 heavy (non-hydrogen) atoms. The number of thiol groups is 1. The molecule has 6 heteroatoms. The molecule has 0 aromatic heterocycles. The molecule has 0 bridgehead atoms. The predicted octanol–water partition coefficient (Wildman–Crippen LogP) is 1.57. The summed E-state index contributed by atoms with van der Waals surface area (Å²) >= 11 is 3.89. The third-order valence-electron chi connectivity index (χ3n) is 2.17. The van der Waals surface area contributed by atoms with Crippen molar-refractivity contribution in [3.05, 3.63) is 0 Å². The molecule has 1 amide bonds. The van der Waals surface area contributed by atoms with Crippen molar-refractivity contribution in [1.29, 1.82) is 0 Å². The van der Waals surface area contributed by atoms with Crippen LogP contribution in [0.2, 0.25) is 12.6 Å². The third kappa shape index (κ3) is 7.27. The van der Waals surface area contributed by atoms with Crippen molar-refractivity contribution in [2.24, 2.45) is 0 Å². The van der Waals surface area contributed by atoms with Gasteiger partial charge in [0.25, 0.3) is 0 Å². The van der Waals surface area contributed by atoms with Crippen LogP contribution in [0.4, 0.5) is 0 Å². The van der Waals surface area contributed by atoms with Crippen LogP contribution in [0.15, 0.2) is 0 Å². The molecule has 4 nitrogen and oxygen atoms in total. The maximum absolute atomic E-state index is 10.9. The van der Waals surface area contributed by atoms with Gasteiger partial charge in [0.2, 0.25) is 5.91 Å². The molecular weight excluding hydrogens is 242 g/mol. The smallest absolute Gasteiger partial charge is 0.334 e. The minimum atomic E-state index is -2.00. The fourth-order valence-corrected chi connectivity index (χ4v) is 4.01. The molecule has 0 spiro atoms. The van der Waals surface area contributed by atoms with E-state index in [2.05, 4.69) is 24.5 Å². The van der Waals surface area contributed by atoms with Gasteiger partial charge >= 0.3 is 8.56 Å². The Hall–Kier alpha value is -0.0431. The summed E-state index contributed by atoms with van der Waals surface area (Å²) in [5.74, 6) is 0.213. The van der Waals surface area contributed by atoms with Crippen LogP contribution >= 0.6 is 12.6 Å². The molecule has 0 aliphatic carbocycles. The number of carbonyl (C=O) groups is 1. The van der Waals surface area contributed by atoms with Crippen LogP contribution < -0.4 is 5.32 Å². The molecule has 0 saturated heterocycles. The maximum Gasteiger partial charge on any atom is 0.334 e. The molecule has 96 valence electrons. The highest BCUT2D eigenvalue weighted by molar-refractivity contribution is 7.81. The van der Waals surface area contributed by atoms with Gasteiger partial charge in [-0.1, -0.05) is 0 Å². The van der Waals surface area contributed by atoms with E-state index in [1.807, 2.05) is 13.8 Å². The monoisotopic (exact) mass is 265 g/mol. The van der Waals surface area contributed by atoms with Crippen LogP contribution in [0.1, 0.15) is 20.3 Å². The Labute approximate surface area is 105 Å². The number of hydrogen-bond acceptors (Lipinski definition) is 4. The van der Waals surface area contributed by atoms with E-state index in [0.717, 1.165) is 12.5 Å². The quantitative estimate of drug-likeness (QED) is 0.378. The van der Waals surface area contributed by atoms with Gasteiger partial charge in [0.1, 0.15) is 0 Å². The highest BCUT2D eigenvalue weighted by Gasteiger charge is 2.29. The van der Waals surface area contributed by atoms with Gasteiger partial charge in [0, 0.05) is 19.8 Å². The average molecular weight is 265 g/mol. The molecule has 0 heterocycles. The summed E-state index contributed by atoms with van der Waals surface area (Å²) < 4.78 is 11.4. The van der Waals surface area contributed by atoms with E-state index in [1.165, 1.54) is 0 Å². The number of hydrogen-bond donors (Lipinski definition) is 2. The lowest BCUT2D eigenvalue weighted by Gasteiger charge is -2.25. The minimum absolute atomic E-state index is 0.0282. The second-order valence-corrected chi connectivity index (χ2v) is 7.27. The molecule has 0 rings (SSSR count). The van der Waals surface area contributed by atoms with Crippen molar-refractivity contribution in [1.82, 2.24) is 5.32 Å². The standard InChI is InChI=1S/C10H23NO3SSi/c1-4-13-16(3,14-5-2)8-6-7-11-10(12)9-15/h15H,4-9H2,1-3H3,(H,11,12). The van der Waals surface area contributed by atoms with Crippen molar-refractivity contribution < 1.29 is 13.6 Å². The molecular formula is C10H23NO3SSi. The predicted molar refractivity (Wildman–Crippen MR) is 71.2 cm³/mol. The van der Waals surface area contributed by atoms with Gasteiger partial charge in [-0.05, 0) is 32.9 Å². The minimum Gasteiger partial charge on any atom is -0.395 e. The number of rotatable bonds is 9. The summed E-state index contributed by atoms with van der Waals surface area (Å²) in [6.45, 7) is 8.07. The summed E-state index contributed by atoms with van der Waals surface area (Å²) in [4.78, 5) is 10.9. The van der Waals surface area contributed by atoms with E-state index in [0.29, 0.717) is 19.8 Å². The fraction of sp³-hybridized carbons (Fsp3) is 0.900. The lowest BCUT2D eigenvalue weighted by atomic mass is 10.5. The lowest BCUT2D eigenvalue weighted by Crippen LogP contribution is -2.39. The van der Waals surface area contributed by atoms with Gasteiger partial charge in [-0.15, -0.1) is 0 Å². The second kappa shape index (κ2) is 9.04. The Morgan fingerprint density at radius 2 is 1.88 bits per heavy atom. The summed E-state index contributed by atoms with van der Waals surface area (Å²) in [7, 11) is -2.00. The van der Waals surface area contributed by atoms with Crippen LogP contribution in [0.5, 0.6) is 0 Å². The fourth-order valence-electron chi connectivity index (χ4n) is 1.49. The molecule has 1 N–H and O–H groups in total. The van der Waals surface area contributed by atoms with E-state index in [-0.39, 0.29) is 11.7 Å². The van der Waals surface area contributed by atoms with Gasteiger partial charge in [0.05, 0.1) is 5.75 Å². The summed E-state index contributed by atoms with van der Waals surface area (Å²) in [5.41, 5.74) is 0. The molecule has 0 aliphatic heterocycles. The molecule has 0 aromatic carbocycles. The summed E-state index contributed by atoms with van der Waals surface area (Å²) in [6.07, 6.45) is 0.891. The lowest BCUT2D eigenvalue weighted by molar-refractivity contribution is -0.118. The van der Waals surface area contributed by atoms with Crippen molar-refractivity contribution in [2.75, 3.05) is 25.5 Å². The van der Waals surface area contributed by atoms with Crippen molar-refractivity contribution in [3.63, 3.8) is 0 Å². The Morgan fingerprint density at radius 1 is 1.31 bits per heavy atom. The van der Waals surface area contributed by atoms with E-state index in [4.69, 9.17) is 8.85 Å². The van der Waals surface area contributed by atoms with Crippen LogP contribution in [0.3, 0.4) is 0 Å². The molecule has 0 aromatic rings. The first kappa shape index (κ1) is 16.0. The van der Waals surface area contributed by atoms with Gasteiger partial charge in [-0.3, -0.25) is 4.79 Å². The molecule has 0 saturated carbocycles. The zero-order valence-electron chi connectivity index (χ0n) is 10.4. The van der Waals surface area contributed by atoms with Crippen molar-refractivity contribution in [2.45, 2.75) is 32.9 Å². The highest BCUT2D eigenvalue weighted by Crippen LogP contribution is 2.15. The Balaban J connectivity index is 3.79. The van der Waals surface area contributed by atoms with Crippen molar-refractivity contribution in [3.8, 4) is 0 Å². The molecule has 0 radical (unpaired) electrons. The number of carbonyl (C=O) groups excluding carboxylic acids is 1. The number of nitrogens with one attached hydrogen (secondary N) is 1. The highest BCUT2D eigenvalue weighted by atomic mass is 32.1. The summed E-state index contributed by atoms with van der Waals surface area (Å²) in [6, 6.07) is 0.904. The van der Waals surface area contributed by atoms with Crippen LogP contribution in [0.25, 0.3) is 0 Å². The topological polar surface area (TPSA) is 47.6 Å². The van der Waals surface area contributed by atoms with Crippen molar-refractivity contribution >= 4 is 27.1 Å². The first-order chi connectivity index (χ1) is 7.58. The largest absolute Gasteiger partial charge is 0.395 e. The Bertz CT molecular complexity index is 199. The summed E-state index contributed by atoms with van der Waals surface area (Å²) in [5, 5.41) is 2.78. The normalized spacial score (nSPS) is 11.5. The van der Waals surface area contributed by atoms with Gasteiger partial charge < -0.3 is 14.2 Å². The molecule has 0 unspecified atom stereocenters.